The van der Waals surface area contributed by atoms with Gasteiger partial charge in [0.15, 0.2) is 0 Å². The van der Waals surface area contributed by atoms with Crippen LogP contribution in [0.15, 0.2) is 12.1 Å². The first-order valence-corrected chi connectivity index (χ1v) is 6.39. The van der Waals surface area contributed by atoms with Crippen molar-refractivity contribution in [2.75, 3.05) is 18.5 Å². The van der Waals surface area contributed by atoms with Gasteiger partial charge in [0, 0.05) is 24.3 Å². The van der Waals surface area contributed by atoms with E-state index in [2.05, 4.69) is 10.4 Å². The summed E-state index contributed by atoms with van der Waals surface area (Å²) >= 11 is 0. The summed E-state index contributed by atoms with van der Waals surface area (Å²) in [7, 11) is 0. The first-order chi connectivity index (χ1) is 8.99. The quantitative estimate of drug-likeness (QED) is 0.613. The lowest BCUT2D eigenvalue weighted by molar-refractivity contribution is -0.0586. The third-order valence-electron chi connectivity index (χ3n) is 3.06. The Kier molecular flexibility index (Phi) is 4.01. The molecule has 0 aliphatic carbocycles. The largest absolute Gasteiger partial charge is 0.372 e. The summed E-state index contributed by atoms with van der Waals surface area (Å²) in [6.45, 7) is 7.00. The Morgan fingerprint density at radius 1 is 1.42 bits per heavy atom. The van der Waals surface area contributed by atoms with E-state index in [-0.39, 0.29) is 18.1 Å². The minimum atomic E-state index is -0.0102. The van der Waals surface area contributed by atoms with Gasteiger partial charge in [0.25, 0.3) is 5.91 Å². The minimum absolute atomic E-state index is 0.0102. The number of carbonyl (C=O) groups is 1. The second-order valence-corrected chi connectivity index (χ2v) is 4.99. The number of aromatic nitrogens is 1. The van der Waals surface area contributed by atoms with Crippen molar-refractivity contribution < 1.29 is 9.53 Å². The van der Waals surface area contributed by atoms with Gasteiger partial charge in [-0.1, -0.05) is 0 Å². The Labute approximate surface area is 112 Å². The number of amides is 1. The number of hydrazine groups is 1. The van der Waals surface area contributed by atoms with E-state index in [4.69, 9.17) is 10.6 Å². The highest BCUT2D eigenvalue weighted by atomic mass is 16.5. The molecule has 1 amide bonds. The highest BCUT2D eigenvalue weighted by Gasteiger charge is 2.26. The second kappa shape index (κ2) is 5.54. The van der Waals surface area contributed by atoms with Crippen LogP contribution in [0, 0.1) is 6.92 Å². The molecule has 1 aromatic heterocycles. The number of carbonyl (C=O) groups excluding carboxylic acids is 1. The third kappa shape index (κ3) is 3.21. The molecule has 0 saturated carbocycles. The van der Waals surface area contributed by atoms with Gasteiger partial charge in [-0.2, -0.15) is 0 Å². The van der Waals surface area contributed by atoms with Gasteiger partial charge in [0.2, 0.25) is 0 Å². The van der Waals surface area contributed by atoms with Crippen LogP contribution in [-0.4, -0.2) is 41.1 Å². The molecule has 0 bridgehead atoms. The van der Waals surface area contributed by atoms with Crippen LogP contribution in [0.5, 0.6) is 0 Å². The molecule has 1 aliphatic rings. The lowest BCUT2D eigenvalue weighted by Crippen LogP contribution is -2.48. The zero-order valence-corrected chi connectivity index (χ0v) is 11.5. The molecule has 6 heteroatoms. The van der Waals surface area contributed by atoms with E-state index in [9.17, 15) is 4.79 Å². The molecular formula is C13H20N4O2. The van der Waals surface area contributed by atoms with Gasteiger partial charge in [-0.15, -0.1) is 0 Å². The van der Waals surface area contributed by atoms with Gasteiger partial charge in [-0.05, 0) is 32.9 Å². The van der Waals surface area contributed by atoms with Crippen LogP contribution in [-0.2, 0) is 4.74 Å². The van der Waals surface area contributed by atoms with E-state index in [0.717, 1.165) is 5.69 Å². The lowest BCUT2D eigenvalue weighted by atomic mass is 10.1. The van der Waals surface area contributed by atoms with Crippen LogP contribution < -0.4 is 11.3 Å². The Hall–Kier alpha value is -1.66. The number of nitrogens with one attached hydrogen (secondary N) is 1. The molecule has 2 rings (SSSR count). The van der Waals surface area contributed by atoms with Crippen molar-refractivity contribution in [1.82, 2.24) is 9.88 Å². The van der Waals surface area contributed by atoms with E-state index in [1.54, 1.807) is 12.1 Å². The van der Waals surface area contributed by atoms with Crippen molar-refractivity contribution in [3.05, 3.63) is 23.4 Å². The summed E-state index contributed by atoms with van der Waals surface area (Å²) in [4.78, 5) is 18.5. The molecule has 0 spiro atoms. The Morgan fingerprint density at radius 3 is 2.63 bits per heavy atom. The number of ether oxygens (including phenoxy) is 1. The predicted octanol–water partition coefficient (Wildman–Crippen LogP) is 0.925. The van der Waals surface area contributed by atoms with Gasteiger partial charge < -0.3 is 15.1 Å². The summed E-state index contributed by atoms with van der Waals surface area (Å²) in [5.41, 5.74) is 3.83. The first-order valence-electron chi connectivity index (χ1n) is 6.39. The number of pyridine rings is 1. The number of nitrogens with zero attached hydrogens (tertiary/aromatic N) is 2. The molecule has 0 radical (unpaired) electrons. The molecular weight excluding hydrogens is 244 g/mol. The van der Waals surface area contributed by atoms with Gasteiger partial charge in [-0.3, -0.25) is 4.79 Å². The van der Waals surface area contributed by atoms with Crippen molar-refractivity contribution in [3.8, 4) is 0 Å². The number of nitrogen functional groups attached to an aromatic ring is 1. The fraction of sp³-hybridized carbons (Fsp3) is 0.538. The molecule has 2 heterocycles. The summed E-state index contributed by atoms with van der Waals surface area (Å²) in [6, 6.07) is 3.44. The summed E-state index contributed by atoms with van der Waals surface area (Å²) in [5.74, 6) is 5.84. The van der Waals surface area contributed by atoms with Gasteiger partial charge in [0.1, 0.15) is 5.82 Å². The van der Waals surface area contributed by atoms with Crippen LogP contribution in [0.25, 0.3) is 0 Å². The summed E-state index contributed by atoms with van der Waals surface area (Å²) < 4.78 is 5.63. The number of hydrogen-bond acceptors (Lipinski definition) is 5. The van der Waals surface area contributed by atoms with E-state index < -0.39 is 0 Å². The molecule has 1 aromatic rings. The van der Waals surface area contributed by atoms with E-state index in [1.165, 1.54) is 0 Å². The number of aryl methyl sites for hydroxylation is 1. The maximum atomic E-state index is 12.5. The van der Waals surface area contributed by atoms with Crippen molar-refractivity contribution >= 4 is 11.7 Å². The van der Waals surface area contributed by atoms with Crippen molar-refractivity contribution in [2.45, 2.75) is 33.0 Å². The second-order valence-electron chi connectivity index (χ2n) is 4.99. The monoisotopic (exact) mass is 264 g/mol. The van der Waals surface area contributed by atoms with Crippen molar-refractivity contribution in [2.24, 2.45) is 5.84 Å². The SMILES string of the molecule is Cc1cc(C(=O)N2C[C@@H](C)O[C@@H](C)C2)cc(NN)n1. The third-order valence-corrected chi connectivity index (χ3v) is 3.06. The number of morpholine rings is 1. The number of nitrogens with two attached hydrogens (primary N) is 1. The lowest BCUT2D eigenvalue weighted by Gasteiger charge is -2.35. The van der Waals surface area contributed by atoms with Crippen LogP contribution >= 0.6 is 0 Å². The van der Waals surface area contributed by atoms with E-state index in [0.29, 0.717) is 24.5 Å². The smallest absolute Gasteiger partial charge is 0.254 e. The minimum Gasteiger partial charge on any atom is -0.372 e. The zero-order chi connectivity index (χ0) is 14.0. The molecule has 19 heavy (non-hydrogen) atoms. The molecule has 104 valence electrons. The highest BCUT2D eigenvalue weighted by Crippen LogP contribution is 2.16. The van der Waals surface area contributed by atoms with Crippen molar-refractivity contribution in [1.29, 1.82) is 0 Å². The summed E-state index contributed by atoms with van der Waals surface area (Å²) in [5, 5.41) is 0. The molecule has 0 aromatic carbocycles. The average Bonchev–Trinajstić information content (AvgIpc) is 2.35. The zero-order valence-electron chi connectivity index (χ0n) is 11.5. The van der Waals surface area contributed by atoms with Gasteiger partial charge in [0.05, 0.1) is 12.2 Å². The fourth-order valence-corrected chi connectivity index (χ4v) is 2.39. The van der Waals surface area contributed by atoms with Crippen molar-refractivity contribution in [3.63, 3.8) is 0 Å². The number of rotatable bonds is 2. The topological polar surface area (TPSA) is 80.5 Å². The number of hydrogen-bond donors (Lipinski definition) is 2. The van der Waals surface area contributed by atoms with E-state index >= 15 is 0 Å². The predicted molar refractivity (Wildman–Crippen MR) is 72.7 cm³/mol. The maximum Gasteiger partial charge on any atom is 0.254 e. The molecule has 6 nitrogen and oxygen atoms in total. The van der Waals surface area contributed by atoms with Crippen LogP contribution in [0.3, 0.4) is 0 Å². The molecule has 2 atom stereocenters. The molecule has 1 saturated heterocycles. The Bertz CT molecular complexity index is 468. The molecule has 0 unspecified atom stereocenters. The molecule has 1 fully saturated rings. The Balaban J connectivity index is 2.21. The fourth-order valence-electron chi connectivity index (χ4n) is 2.39. The molecule has 3 N–H and O–H groups in total. The van der Waals surface area contributed by atoms with Gasteiger partial charge in [-0.25, -0.2) is 10.8 Å². The van der Waals surface area contributed by atoms with E-state index in [1.807, 2.05) is 25.7 Å². The summed E-state index contributed by atoms with van der Waals surface area (Å²) in [6.07, 6.45) is 0.116. The average molecular weight is 264 g/mol. The van der Waals surface area contributed by atoms with Crippen LogP contribution in [0.1, 0.15) is 29.9 Å². The standard InChI is InChI=1S/C13H20N4O2/c1-8-4-11(5-12(15-8)16-14)13(18)17-6-9(2)19-10(3)7-17/h4-5,9-10H,6-7,14H2,1-3H3,(H,15,16)/t9-,10+. The Morgan fingerprint density at radius 2 is 2.05 bits per heavy atom. The first kappa shape index (κ1) is 13.8. The number of anilines is 1. The van der Waals surface area contributed by atoms with Gasteiger partial charge >= 0.3 is 0 Å². The maximum absolute atomic E-state index is 12.5. The van der Waals surface area contributed by atoms with Crippen LogP contribution in [0.4, 0.5) is 5.82 Å². The van der Waals surface area contributed by atoms with Crippen LogP contribution in [0.2, 0.25) is 0 Å². The highest BCUT2D eigenvalue weighted by molar-refractivity contribution is 5.95. The normalized spacial score (nSPS) is 23.3. The molecule has 1 aliphatic heterocycles.